The van der Waals surface area contributed by atoms with E-state index in [9.17, 15) is 4.79 Å². The summed E-state index contributed by atoms with van der Waals surface area (Å²) in [5.74, 6) is 0.582. The van der Waals surface area contributed by atoms with Gasteiger partial charge in [-0.2, -0.15) is 0 Å². The quantitative estimate of drug-likeness (QED) is 0.917. The number of hydrogen-bond donors (Lipinski definition) is 1. The van der Waals surface area contributed by atoms with E-state index in [2.05, 4.69) is 26.2 Å². The fourth-order valence-electron chi connectivity index (χ4n) is 2.09. The molecule has 2 rings (SSSR count). The highest BCUT2D eigenvalue weighted by molar-refractivity contribution is 9.10. The van der Waals surface area contributed by atoms with Crippen LogP contribution in [0.1, 0.15) is 30.4 Å². The number of carbonyl (C=O) groups excluding carboxylic acids is 1. The van der Waals surface area contributed by atoms with Gasteiger partial charge in [0.2, 0.25) is 0 Å². The molecule has 0 saturated carbocycles. The highest BCUT2D eigenvalue weighted by atomic mass is 79.9. The maximum absolute atomic E-state index is 12.5. The Hall–Kier alpha value is -1.82. The van der Waals surface area contributed by atoms with Gasteiger partial charge in [0.25, 0.3) is 5.91 Å². The number of pyridine rings is 1. The molecule has 112 valence electrons. The predicted octanol–water partition coefficient (Wildman–Crippen LogP) is 3.54. The van der Waals surface area contributed by atoms with E-state index in [1.165, 1.54) is 0 Å². The summed E-state index contributed by atoms with van der Waals surface area (Å²) in [6, 6.07) is 5.68. The molecule has 2 heterocycles. The van der Waals surface area contributed by atoms with E-state index in [1.807, 2.05) is 55.7 Å². The highest BCUT2D eigenvalue weighted by Crippen LogP contribution is 2.24. The van der Waals surface area contributed by atoms with Gasteiger partial charge in [-0.15, -0.1) is 0 Å². The Morgan fingerprint density at radius 3 is 2.76 bits per heavy atom. The molecule has 2 aromatic heterocycles. The van der Waals surface area contributed by atoms with Crippen molar-refractivity contribution < 1.29 is 4.79 Å². The van der Waals surface area contributed by atoms with Crippen molar-refractivity contribution in [1.29, 1.82) is 0 Å². The van der Waals surface area contributed by atoms with Gasteiger partial charge in [-0.05, 0) is 48.0 Å². The van der Waals surface area contributed by atoms with Crippen molar-refractivity contribution in [2.45, 2.75) is 19.9 Å². The minimum absolute atomic E-state index is 0.148. The van der Waals surface area contributed by atoms with Crippen LogP contribution in [0.15, 0.2) is 35.1 Å². The maximum atomic E-state index is 12.5. The summed E-state index contributed by atoms with van der Waals surface area (Å²) in [5.41, 5.74) is 1.31. The Kier molecular flexibility index (Phi) is 4.67. The summed E-state index contributed by atoms with van der Waals surface area (Å²) < 4.78 is 2.82. The average molecular weight is 351 g/mol. The van der Waals surface area contributed by atoms with Gasteiger partial charge in [0, 0.05) is 37.0 Å². The SMILES string of the molecule is CC(C)n1cc(Br)cc1C(=O)Nc1cccnc1N(C)C. The standard InChI is InChI=1S/C15H19BrN4O/c1-10(2)20-9-11(16)8-13(20)15(21)18-12-6-5-7-17-14(12)19(3)4/h5-10H,1-4H3,(H,18,21). The molecule has 6 heteroatoms. The van der Waals surface area contributed by atoms with Crippen molar-refractivity contribution in [3.05, 3.63) is 40.8 Å². The lowest BCUT2D eigenvalue weighted by Crippen LogP contribution is -2.20. The third kappa shape index (κ3) is 3.44. The first-order valence-electron chi connectivity index (χ1n) is 6.71. The fraction of sp³-hybridized carbons (Fsp3) is 0.333. The third-order valence-electron chi connectivity index (χ3n) is 3.06. The Bertz CT molecular complexity index is 649. The molecule has 0 aliphatic heterocycles. The van der Waals surface area contributed by atoms with Crippen LogP contribution in [0.4, 0.5) is 11.5 Å². The molecule has 2 aromatic rings. The Morgan fingerprint density at radius 2 is 2.14 bits per heavy atom. The third-order valence-corrected chi connectivity index (χ3v) is 3.50. The van der Waals surface area contributed by atoms with Crippen LogP contribution in [0.5, 0.6) is 0 Å². The second-order valence-electron chi connectivity index (χ2n) is 5.27. The molecule has 0 aromatic carbocycles. The van der Waals surface area contributed by atoms with Crippen LogP contribution in [0.2, 0.25) is 0 Å². The monoisotopic (exact) mass is 350 g/mol. The molecule has 0 bridgehead atoms. The summed E-state index contributed by atoms with van der Waals surface area (Å²) in [5, 5.41) is 2.93. The van der Waals surface area contributed by atoms with Crippen molar-refractivity contribution in [3.63, 3.8) is 0 Å². The lowest BCUT2D eigenvalue weighted by atomic mass is 10.3. The van der Waals surface area contributed by atoms with Crippen molar-refractivity contribution in [2.24, 2.45) is 0 Å². The lowest BCUT2D eigenvalue weighted by Gasteiger charge is -2.17. The van der Waals surface area contributed by atoms with Crippen LogP contribution in [0, 0.1) is 0 Å². The Labute approximate surface area is 133 Å². The Morgan fingerprint density at radius 1 is 1.43 bits per heavy atom. The molecule has 0 atom stereocenters. The van der Waals surface area contributed by atoms with Gasteiger partial charge in [-0.25, -0.2) is 4.98 Å². The van der Waals surface area contributed by atoms with E-state index in [0.717, 1.165) is 10.3 Å². The van der Waals surface area contributed by atoms with Crippen molar-refractivity contribution in [3.8, 4) is 0 Å². The molecule has 0 unspecified atom stereocenters. The minimum atomic E-state index is -0.148. The van der Waals surface area contributed by atoms with Crippen molar-refractivity contribution >= 4 is 33.3 Å². The summed E-state index contributed by atoms with van der Waals surface area (Å²) in [6.45, 7) is 4.08. The van der Waals surface area contributed by atoms with Crippen LogP contribution in [-0.2, 0) is 0 Å². The van der Waals surface area contributed by atoms with Gasteiger partial charge >= 0.3 is 0 Å². The summed E-state index contributed by atoms with van der Waals surface area (Å²) in [7, 11) is 3.79. The molecule has 0 radical (unpaired) electrons. The predicted molar refractivity (Wildman–Crippen MR) is 89.0 cm³/mol. The molecule has 0 spiro atoms. The number of carbonyl (C=O) groups is 1. The second-order valence-corrected chi connectivity index (χ2v) is 6.18. The molecule has 1 N–H and O–H groups in total. The molecular formula is C15H19BrN4O. The van der Waals surface area contributed by atoms with Gasteiger partial charge in [-0.1, -0.05) is 0 Å². The van der Waals surface area contributed by atoms with E-state index in [0.29, 0.717) is 11.4 Å². The molecule has 1 amide bonds. The number of nitrogens with zero attached hydrogens (tertiary/aromatic N) is 3. The van der Waals surface area contributed by atoms with Crippen LogP contribution < -0.4 is 10.2 Å². The summed E-state index contributed by atoms with van der Waals surface area (Å²) in [4.78, 5) is 18.7. The van der Waals surface area contributed by atoms with E-state index < -0.39 is 0 Å². The van der Waals surface area contributed by atoms with Gasteiger partial charge < -0.3 is 14.8 Å². The number of rotatable bonds is 4. The number of hydrogen-bond acceptors (Lipinski definition) is 3. The minimum Gasteiger partial charge on any atom is -0.361 e. The topological polar surface area (TPSA) is 50.2 Å². The number of halogens is 1. The zero-order valence-electron chi connectivity index (χ0n) is 12.6. The molecule has 21 heavy (non-hydrogen) atoms. The van der Waals surface area contributed by atoms with Crippen LogP contribution in [0.25, 0.3) is 0 Å². The van der Waals surface area contributed by atoms with Crippen LogP contribution in [0.3, 0.4) is 0 Å². The summed E-state index contributed by atoms with van der Waals surface area (Å²) >= 11 is 3.42. The number of anilines is 2. The maximum Gasteiger partial charge on any atom is 0.272 e. The highest BCUT2D eigenvalue weighted by Gasteiger charge is 2.17. The molecular weight excluding hydrogens is 332 g/mol. The zero-order valence-corrected chi connectivity index (χ0v) is 14.2. The first kappa shape index (κ1) is 15.6. The van der Waals surface area contributed by atoms with Gasteiger partial charge in [-0.3, -0.25) is 4.79 Å². The molecule has 0 fully saturated rings. The van der Waals surface area contributed by atoms with Gasteiger partial charge in [0.1, 0.15) is 5.69 Å². The first-order chi connectivity index (χ1) is 9.90. The Balaban J connectivity index is 2.31. The van der Waals surface area contributed by atoms with E-state index in [4.69, 9.17) is 0 Å². The van der Waals surface area contributed by atoms with Crippen LogP contribution >= 0.6 is 15.9 Å². The second kappa shape index (κ2) is 6.30. The van der Waals surface area contributed by atoms with Gasteiger partial charge in [0.05, 0.1) is 5.69 Å². The fourth-order valence-corrected chi connectivity index (χ4v) is 2.53. The zero-order chi connectivity index (χ0) is 15.6. The number of aromatic nitrogens is 2. The lowest BCUT2D eigenvalue weighted by molar-refractivity contribution is 0.101. The first-order valence-corrected chi connectivity index (χ1v) is 7.50. The average Bonchev–Trinajstić information content (AvgIpc) is 2.81. The molecule has 0 saturated heterocycles. The van der Waals surface area contributed by atoms with Crippen LogP contribution in [-0.4, -0.2) is 29.6 Å². The number of nitrogens with one attached hydrogen (secondary N) is 1. The van der Waals surface area contributed by atoms with E-state index in [-0.39, 0.29) is 11.9 Å². The largest absolute Gasteiger partial charge is 0.361 e. The van der Waals surface area contributed by atoms with E-state index in [1.54, 1.807) is 12.3 Å². The molecule has 0 aliphatic carbocycles. The van der Waals surface area contributed by atoms with Crippen molar-refractivity contribution in [2.75, 3.05) is 24.3 Å². The van der Waals surface area contributed by atoms with E-state index >= 15 is 0 Å². The van der Waals surface area contributed by atoms with Gasteiger partial charge in [0.15, 0.2) is 5.82 Å². The summed E-state index contributed by atoms with van der Waals surface area (Å²) in [6.07, 6.45) is 3.62. The number of amides is 1. The molecule has 0 aliphatic rings. The normalized spacial score (nSPS) is 10.8. The van der Waals surface area contributed by atoms with Crippen molar-refractivity contribution in [1.82, 2.24) is 9.55 Å². The smallest absolute Gasteiger partial charge is 0.272 e. The molecule has 5 nitrogen and oxygen atoms in total.